The molecule has 132 valence electrons. The van der Waals surface area contributed by atoms with E-state index in [0.717, 1.165) is 14.8 Å². The summed E-state index contributed by atoms with van der Waals surface area (Å²) in [6.45, 7) is 7.59. The maximum absolute atomic E-state index is 12.6. The first-order valence-corrected chi connectivity index (χ1v) is 8.92. The summed E-state index contributed by atoms with van der Waals surface area (Å²) in [4.78, 5) is 43.0. The summed E-state index contributed by atoms with van der Waals surface area (Å²) in [5, 5.41) is 12.2. The predicted molar refractivity (Wildman–Crippen MR) is 89.7 cm³/mol. The van der Waals surface area contributed by atoms with Gasteiger partial charge in [-0.3, -0.25) is 9.69 Å². The molecule has 1 fully saturated rings. The van der Waals surface area contributed by atoms with Crippen LogP contribution in [0, 0.1) is 5.92 Å². The second kappa shape index (κ2) is 7.29. The van der Waals surface area contributed by atoms with E-state index in [9.17, 15) is 19.5 Å². The number of aliphatic carboxylic acids is 1. The van der Waals surface area contributed by atoms with E-state index in [1.807, 2.05) is 26.2 Å². The molecule has 1 aromatic heterocycles. The number of amides is 3. The minimum atomic E-state index is -1.08. The zero-order valence-electron chi connectivity index (χ0n) is 14.4. The Labute approximate surface area is 145 Å². The van der Waals surface area contributed by atoms with Crippen molar-refractivity contribution in [3.8, 4) is 0 Å². The molecule has 0 spiro atoms. The molecule has 1 aliphatic heterocycles. The summed E-state index contributed by atoms with van der Waals surface area (Å²) < 4.78 is 0. The summed E-state index contributed by atoms with van der Waals surface area (Å²) in [5.41, 5.74) is 0.655. The minimum Gasteiger partial charge on any atom is -0.480 e. The fourth-order valence-electron chi connectivity index (χ4n) is 2.66. The van der Waals surface area contributed by atoms with Crippen molar-refractivity contribution >= 4 is 29.2 Å². The van der Waals surface area contributed by atoms with Gasteiger partial charge >= 0.3 is 12.0 Å². The topological polar surface area (TPSA) is 90.8 Å². The monoisotopic (exact) mass is 353 g/mol. The van der Waals surface area contributed by atoms with Crippen LogP contribution in [0.4, 0.5) is 4.79 Å². The van der Waals surface area contributed by atoms with Crippen LogP contribution in [0.25, 0.3) is 0 Å². The first kappa shape index (κ1) is 18.4. The smallest absolute Gasteiger partial charge is 0.328 e. The number of carboxylic acids is 1. The Hall–Kier alpha value is -1.96. The molecule has 0 aromatic carbocycles. The van der Waals surface area contributed by atoms with Gasteiger partial charge in [0.05, 0.1) is 17.2 Å². The van der Waals surface area contributed by atoms with Crippen LogP contribution >= 0.6 is 11.3 Å². The summed E-state index contributed by atoms with van der Waals surface area (Å²) >= 11 is 1.50. The normalized spacial score (nSPS) is 17.7. The number of carboxylic acid groups (broad SMARTS) is 1. The van der Waals surface area contributed by atoms with Crippen LogP contribution in [0.5, 0.6) is 0 Å². The van der Waals surface area contributed by atoms with E-state index in [0.29, 0.717) is 12.1 Å². The van der Waals surface area contributed by atoms with E-state index in [2.05, 4.69) is 4.98 Å². The quantitative estimate of drug-likeness (QED) is 0.761. The Balaban J connectivity index is 2.17. The van der Waals surface area contributed by atoms with Crippen LogP contribution in [0.3, 0.4) is 0 Å². The van der Waals surface area contributed by atoms with Gasteiger partial charge in [-0.05, 0) is 5.92 Å². The van der Waals surface area contributed by atoms with Crippen molar-refractivity contribution in [1.82, 2.24) is 14.8 Å². The van der Waals surface area contributed by atoms with Crippen LogP contribution in [0.15, 0.2) is 5.38 Å². The Morgan fingerprint density at radius 3 is 2.54 bits per heavy atom. The molecule has 1 saturated heterocycles. The fraction of sp³-hybridized carbons (Fsp3) is 0.625. The summed E-state index contributed by atoms with van der Waals surface area (Å²) in [6, 6.07) is -1.54. The van der Waals surface area contributed by atoms with Crippen molar-refractivity contribution in [3.05, 3.63) is 16.1 Å². The number of hydrogen-bond donors (Lipinski definition) is 1. The molecule has 0 unspecified atom stereocenters. The van der Waals surface area contributed by atoms with Crippen LogP contribution in [-0.4, -0.2) is 50.4 Å². The lowest BCUT2D eigenvalue weighted by molar-refractivity contribution is -0.143. The average molecular weight is 353 g/mol. The molecule has 8 heteroatoms. The Kier molecular flexibility index (Phi) is 5.58. The molecule has 0 bridgehead atoms. The molecule has 0 aliphatic carbocycles. The van der Waals surface area contributed by atoms with Crippen molar-refractivity contribution in [2.45, 2.75) is 52.6 Å². The Bertz CT molecular complexity index is 643. The summed E-state index contributed by atoms with van der Waals surface area (Å²) in [6.07, 6.45) is 0.610. The zero-order valence-corrected chi connectivity index (χ0v) is 15.2. The van der Waals surface area contributed by atoms with Gasteiger partial charge in [-0.15, -0.1) is 11.3 Å². The first-order chi connectivity index (χ1) is 11.3. The van der Waals surface area contributed by atoms with Gasteiger partial charge in [0.2, 0.25) is 0 Å². The van der Waals surface area contributed by atoms with Crippen molar-refractivity contribution in [2.24, 2.45) is 5.92 Å². The van der Waals surface area contributed by atoms with Gasteiger partial charge in [0.25, 0.3) is 5.91 Å². The van der Waals surface area contributed by atoms with E-state index < -0.39 is 18.0 Å². The van der Waals surface area contributed by atoms with Crippen molar-refractivity contribution < 1.29 is 19.5 Å². The number of aromatic nitrogens is 1. The van der Waals surface area contributed by atoms with Gasteiger partial charge in [0, 0.05) is 11.3 Å². The number of carbonyl (C=O) groups excluding carboxylic acids is 2. The highest BCUT2D eigenvalue weighted by Crippen LogP contribution is 2.24. The molecule has 1 aliphatic rings. The summed E-state index contributed by atoms with van der Waals surface area (Å²) in [5.74, 6) is -1.41. The van der Waals surface area contributed by atoms with E-state index in [1.165, 1.54) is 11.3 Å². The van der Waals surface area contributed by atoms with Crippen LogP contribution in [0.1, 0.15) is 50.7 Å². The zero-order chi connectivity index (χ0) is 18.0. The molecule has 7 nitrogen and oxygen atoms in total. The third-order valence-electron chi connectivity index (χ3n) is 4.24. The number of urea groups is 1. The molecule has 2 atom stereocenters. The molecule has 0 radical (unpaired) electrons. The predicted octanol–water partition coefficient (Wildman–Crippen LogP) is 2.53. The van der Waals surface area contributed by atoms with Crippen LogP contribution in [-0.2, 0) is 16.1 Å². The SMILES string of the molecule is CC[C@H](C)[C@@H](C(=O)O)N1CC(=O)N(Cc2csc(C(C)C)n2)C1=O. The van der Waals surface area contributed by atoms with Gasteiger partial charge in [0.1, 0.15) is 12.6 Å². The minimum absolute atomic E-state index is 0.0875. The molecular formula is C16H23N3O4S. The molecule has 2 rings (SSSR count). The Morgan fingerprint density at radius 1 is 1.38 bits per heavy atom. The van der Waals surface area contributed by atoms with Crippen molar-refractivity contribution in [1.29, 1.82) is 0 Å². The lowest BCUT2D eigenvalue weighted by Crippen LogP contribution is -2.47. The lowest BCUT2D eigenvalue weighted by Gasteiger charge is -2.27. The second-order valence-electron chi connectivity index (χ2n) is 6.39. The second-order valence-corrected chi connectivity index (χ2v) is 7.28. The molecule has 3 amide bonds. The van der Waals surface area contributed by atoms with Crippen LogP contribution < -0.4 is 0 Å². The van der Waals surface area contributed by atoms with Gasteiger partial charge in [0.15, 0.2) is 0 Å². The third kappa shape index (κ3) is 3.58. The van der Waals surface area contributed by atoms with Gasteiger partial charge in [-0.25, -0.2) is 14.6 Å². The lowest BCUT2D eigenvalue weighted by atomic mass is 9.98. The molecule has 2 heterocycles. The van der Waals surface area contributed by atoms with Crippen LogP contribution in [0.2, 0.25) is 0 Å². The molecular weight excluding hydrogens is 330 g/mol. The third-order valence-corrected chi connectivity index (χ3v) is 5.43. The van der Waals surface area contributed by atoms with Crippen molar-refractivity contribution in [3.63, 3.8) is 0 Å². The average Bonchev–Trinajstić information content (AvgIpc) is 3.08. The van der Waals surface area contributed by atoms with Gasteiger partial charge < -0.3 is 10.0 Å². The first-order valence-electron chi connectivity index (χ1n) is 8.04. The highest BCUT2D eigenvalue weighted by atomic mass is 32.1. The maximum atomic E-state index is 12.6. The number of rotatable bonds is 7. The van der Waals surface area contributed by atoms with Gasteiger partial charge in [-0.2, -0.15) is 0 Å². The Morgan fingerprint density at radius 2 is 2.04 bits per heavy atom. The fourth-order valence-corrected chi connectivity index (χ4v) is 3.49. The number of hydrogen-bond acceptors (Lipinski definition) is 5. The van der Waals surface area contributed by atoms with Gasteiger partial charge in [-0.1, -0.05) is 34.1 Å². The number of nitrogens with zero attached hydrogens (tertiary/aromatic N) is 3. The molecule has 0 saturated carbocycles. The molecule has 1 N–H and O–H groups in total. The maximum Gasteiger partial charge on any atom is 0.328 e. The summed E-state index contributed by atoms with van der Waals surface area (Å²) in [7, 11) is 0. The number of imide groups is 1. The number of thiazole rings is 1. The van der Waals surface area contributed by atoms with E-state index >= 15 is 0 Å². The van der Waals surface area contributed by atoms with E-state index in [4.69, 9.17) is 0 Å². The number of carbonyl (C=O) groups is 3. The highest BCUT2D eigenvalue weighted by molar-refractivity contribution is 7.09. The largest absolute Gasteiger partial charge is 0.480 e. The standard InChI is InChI=1S/C16H23N3O4S/c1-5-10(4)13(15(21)22)19-7-12(20)18(16(19)23)6-11-8-24-14(17-11)9(2)3/h8-10,13H,5-7H2,1-4H3,(H,21,22)/t10-,13-/m0/s1. The molecule has 24 heavy (non-hydrogen) atoms. The van der Waals surface area contributed by atoms with Crippen molar-refractivity contribution in [2.75, 3.05) is 6.54 Å². The molecule has 1 aromatic rings. The van der Waals surface area contributed by atoms with E-state index in [1.54, 1.807) is 6.92 Å². The highest BCUT2D eigenvalue weighted by Gasteiger charge is 2.44. The van der Waals surface area contributed by atoms with E-state index in [-0.39, 0.29) is 30.8 Å².